The average molecular weight is 372 g/mol. The lowest BCUT2D eigenvalue weighted by Gasteiger charge is -2.17. The molecule has 0 aliphatic rings. The molecule has 128 valence electrons. The Balaban J connectivity index is 3.23. The van der Waals surface area contributed by atoms with E-state index < -0.39 is 17.3 Å². The first-order chi connectivity index (χ1) is 11.1. The second-order valence-electron chi connectivity index (χ2n) is 4.92. The Morgan fingerprint density at radius 2 is 1.88 bits per heavy atom. The van der Waals surface area contributed by atoms with Gasteiger partial charge in [0, 0.05) is 18.1 Å². The number of benzene rings is 1. The zero-order chi connectivity index (χ0) is 18.5. The molecule has 0 aromatic heterocycles. The normalized spacial score (nSPS) is 13.4. The Morgan fingerprint density at radius 1 is 1.33 bits per heavy atom. The highest BCUT2D eigenvalue weighted by Crippen LogP contribution is 2.30. The van der Waals surface area contributed by atoms with Crippen LogP contribution in [-0.4, -0.2) is 17.6 Å². The Hall–Kier alpha value is -1.98. The van der Waals surface area contributed by atoms with Crippen molar-refractivity contribution >= 4 is 34.9 Å². The smallest absolute Gasteiger partial charge is 0.271 e. The van der Waals surface area contributed by atoms with Crippen molar-refractivity contribution in [1.29, 1.82) is 5.41 Å². The highest BCUT2D eigenvalue weighted by atomic mass is 35.5. The lowest BCUT2D eigenvalue weighted by molar-refractivity contribution is 0.0667. The van der Waals surface area contributed by atoms with Crippen molar-refractivity contribution in [3.63, 3.8) is 0 Å². The van der Waals surface area contributed by atoms with Crippen molar-refractivity contribution in [3.05, 3.63) is 69.8 Å². The van der Waals surface area contributed by atoms with E-state index >= 15 is 0 Å². The Labute approximate surface area is 149 Å². The largest absolute Gasteiger partial charge is 0.383 e. The first-order valence-electron chi connectivity index (χ1n) is 6.87. The third-order valence-corrected chi connectivity index (χ3v) is 3.62. The molecular formula is C17H17Cl2F2N3. The molecule has 1 aromatic rings. The van der Waals surface area contributed by atoms with Gasteiger partial charge in [-0.15, -0.1) is 0 Å². The monoisotopic (exact) mass is 371 g/mol. The summed E-state index contributed by atoms with van der Waals surface area (Å²) in [6.45, 7) is 5.94. The summed E-state index contributed by atoms with van der Waals surface area (Å²) in [5, 5.41) is 8.40. The highest BCUT2D eigenvalue weighted by molar-refractivity contribution is 6.40. The summed E-state index contributed by atoms with van der Waals surface area (Å²) in [6, 6.07) is 4.74. The number of nitrogens with zero attached hydrogens (tertiary/aromatic N) is 1. The second kappa shape index (κ2) is 8.22. The average Bonchev–Trinajstić information content (AvgIpc) is 2.45. The van der Waals surface area contributed by atoms with Gasteiger partial charge in [-0.1, -0.05) is 54.1 Å². The van der Waals surface area contributed by atoms with Crippen LogP contribution >= 0.6 is 23.2 Å². The molecule has 0 atom stereocenters. The van der Waals surface area contributed by atoms with Crippen LogP contribution in [0.25, 0.3) is 0 Å². The molecule has 24 heavy (non-hydrogen) atoms. The van der Waals surface area contributed by atoms with Crippen LogP contribution in [0.5, 0.6) is 0 Å². The molecule has 7 heteroatoms. The van der Waals surface area contributed by atoms with Gasteiger partial charge < -0.3 is 5.73 Å². The van der Waals surface area contributed by atoms with E-state index in [-0.39, 0.29) is 27.0 Å². The van der Waals surface area contributed by atoms with Gasteiger partial charge in [0.25, 0.3) is 5.92 Å². The van der Waals surface area contributed by atoms with Crippen LogP contribution in [0, 0.1) is 5.41 Å². The van der Waals surface area contributed by atoms with Crippen LogP contribution in [0.1, 0.15) is 19.4 Å². The molecule has 0 amide bonds. The fourth-order valence-corrected chi connectivity index (χ4v) is 2.41. The quantitative estimate of drug-likeness (QED) is 0.406. The molecule has 0 unspecified atom stereocenters. The van der Waals surface area contributed by atoms with Crippen LogP contribution in [-0.2, 0) is 0 Å². The molecule has 1 rings (SSSR count). The maximum Gasteiger partial charge on any atom is 0.271 e. The number of alkyl halides is 2. The number of halogens is 4. The molecule has 0 saturated heterocycles. The van der Waals surface area contributed by atoms with Crippen LogP contribution in [0.3, 0.4) is 0 Å². The van der Waals surface area contributed by atoms with E-state index in [4.69, 9.17) is 34.3 Å². The number of nitrogens with two attached hydrogens (primary N) is 1. The lowest BCUT2D eigenvalue weighted by Crippen LogP contribution is -2.21. The molecule has 0 saturated carbocycles. The minimum atomic E-state index is -3.19. The van der Waals surface area contributed by atoms with E-state index in [0.717, 1.165) is 6.92 Å². The van der Waals surface area contributed by atoms with E-state index in [9.17, 15) is 8.78 Å². The fourth-order valence-electron chi connectivity index (χ4n) is 1.82. The summed E-state index contributed by atoms with van der Waals surface area (Å²) < 4.78 is 27.5. The summed E-state index contributed by atoms with van der Waals surface area (Å²) in [4.78, 5) is 3.82. The number of hydrogen-bond donors (Lipinski definition) is 2. The van der Waals surface area contributed by atoms with Crippen molar-refractivity contribution in [3.8, 4) is 0 Å². The number of hydrogen-bond acceptors (Lipinski definition) is 1. The number of nitrogens with one attached hydrogen (secondary N) is 1. The van der Waals surface area contributed by atoms with Crippen molar-refractivity contribution in [2.45, 2.75) is 19.8 Å². The molecule has 0 aliphatic carbocycles. The predicted octanol–water partition coefficient (Wildman–Crippen LogP) is 5.39. The summed E-state index contributed by atoms with van der Waals surface area (Å²) in [5.41, 5.74) is 5.39. The molecule has 0 aliphatic heterocycles. The highest BCUT2D eigenvalue weighted by Gasteiger charge is 2.30. The van der Waals surface area contributed by atoms with Crippen LogP contribution in [0.2, 0.25) is 10.0 Å². The van der Waals surface area contributed by atoms with Crippen molar-refractivity contribution in [2.75, 3.05) is 0 Å². The Morgan fingerprint density at radius 3 is 2.33 bits per heavy atom. The molecule has 3 N–H and O–H groups in total. The third kappa shape index (κ3) is 5.01. The van der Waals surface area contributed by atoms with Gasteiger partial charge in [0.2, 0.25) is 0 Å². The maximum atomic E-state index is 13.7. The predicted molar refractivity (Wildman–Crippen MR) is 97.6 cm³/mol. The minimum absolute atomic E-state index is 0.151. The van der Waals surface area contributed by atoms with E-state index in [2.05, 4.69) is 11.6 Å². The van der Waals surface area contributed by atoms with Gasteiger partial charge in [0.05, 0.1) is 15.6 Å². The summed E-state index contributed by atoms with van der Waals surface area (Å²) in [7, 11) is 0. The number of amidine groups is 2. The molecule has 1 aromatic carbocycles. The molecule has 0 heterocycles. The first kappa shape index (κ1) is 20.1. The third-order valence-electron chi connectivity index (χ3n) is 2.99. The van der Waals surface area contributed by atoms with Crippen molar-refractivity contribution < 1.29 is 8.78 Å². The molecule has 0 spiro atoms. The van der Waals surface area contributed by atoms with E-state index in [1.807, 2.05) is 0 Å². The van der Waals surface area contributed by atoms with Crippen molar-refractivity contribution in [2.24, 2.45) is 10.7 Å². The van der Waals surface area contributed by atoms with Gasteiger partial charge in [0.15, 0.2) is 5.84 Å². The van der Waals surface area contributed by atoms with Crippen LogP contribution in [0.15, 0.2) is 59.1 Å². The molecule has 0 fully saturated rings. The Kier molecular flexibility index (Phi) is 6.87. The standard InChI is InChI=1S/C17H17Cl2F2N3/c1-4-5-7-11(17(3,20)21)10(2)15(22)24-16(23)14-12(18)8-6-9-13(14)19/h4-9H,2H2,1,3H3,(H3,22,23,24)/b5-4-,11-7+. The zero-order valence-electron chi connectivity index (χ0n) is 13.2. The van der Waals surface area contributed by atoms with E-state index in [0.29, 0.717) is 0 Å². The van der Waals surface area contributed by atoms with Gasteiger partial charge >= 0.3 is 0 Å². The lowest BCUT2D eigenvalue weighted by atomic mass is 10.0. The molecular weight excluding hydrogens is 355 g/mol. The number of allylic oxidation sites excluding steroid dienone is 3. The van der Waals surface area contributed by atoms with Gasteiger partial charge in [-0.05, 0) is 19.1 Å². The second-order valence-corrected chi connectivity index (χ2v) is 5.73. The summed E-state index contributed by atoms with van der Waals surface area (Å²) in [5.74, 6) is -3.84. The van der Waals surface area contributed by atoms with Crippen molar-refractivity contribution in [1.82, 2.24) is 0 Å². The molecule has 0 radical (unpaired) electrons. The van der Waals surface area contributed by atoms with Crippen LogP contribution in [0.4, 0.5) is 8.78 Å². The first-order valence-corrected chi connectivity index (χ1v) is 7.63. The van der Waals surface area contributed by atoms with E-state index in [1.54, 1.807) is 31.2 Å². The van der Waals surface area contributed by atoms with Gasteiger partial charge in [-0.2, -0.15) is 0 Å². The number of aliphatic imine (C=N–C) groups is 1. The zero-order valence-corrected chi connectivity index (χ0v) is 14.7. The van der Waals surface area contributed by atoms with Gasteiger partial charge in [-0.3, -0.25) is 5.41 Å². The molecule has 3 nitrogen and oxygen atoms in total. The van der Waals surface area contributed by atoms with Gasteiger partial charge in [-0.25, -0.2) is 13.8 Å². The Bertz CT molecular complexity index is 724. The maximum absolute atomic E-state index is 13.7. The van der Waals surface area contributed by atoms with Gasteiger partial charge in [0.1, 0.15) is 5.84 Å². The number of rotatable bonds is 5. The van der Waals surface area contributed by atoms with E-state index in [1.165, 1.54) is 12.2 Å². The summed E-state index contributed by atoms with van der Waals surface area (Å²) in [6.07, 6.45) is 4.21. The fraction of sp³-hybridized carbons (Fsp3) is 0.176. The topological polar surface area (TPSA) is 62.2 Å². The SMILES string of the molecule is C=C(C(=N)N=C(N)c1c(Cl)cccc1Cl)/C(=C\C=C/C)C(C)(F)F. The minimum Gasteiger partial charge on any atom is -0.383 e. The van der Waals surface area contributed by atoms with Crippen LogP contribution < -0.4 is 5.73 Å². The summed E-state index contributed by atoms with van der Waals surface area (Å²) >= 11 is 12.0. The molecule has 0 bridgehead atoms.